The van der Waals surface area contributed by atoms with Gasteiger partial charge in [-0.25, -0.2) is 0 Å². The number of carbonyl (C=O) groups excluding carboxylic acids is 3. The van der Waals surface area contributed by atoms with Gasteiger partial charge in [0.25, 0.3) is 0 Å². The average Bonchev–Trinajstić information content (AvgIpc) is 3.42. The quantitative estimate of drug-likeness (QED) is 0.410. The Hall–Kier alpha value is -2.97. The normalized spacial score (nSPS) is 30.6. The van der Waals surface area contributed by atoms with Crippen molar-refractivity contribution in [3.05, 3.63) is 42.5 Å². The zero-order valence-corrected chi connectivity index (χ0v) is 20.9. The van der Waals surface area contributed by atoms with Crippen LogP contribution >= 0.6 is 0 Å². The molecular formula is C28H34N2O6. The number of nitrogens with one attached hydrogen (secondary N) is 1. The lowest BCUT2D eigenvalue weighted by Gasteiger charge is -2.33. The van der Waals surface area contributed by atoms with Crippen LogP contribution in [0.5, 0.6) is 0 Å². The second-order valence-corrected chi connectivity index (χ2v) is 10.3. The number of carbonyl (C=O) groups is 3. The van der Waals surface area contributed by atoms with Gasteiger partial charge in [0.05, 0.1) is 18.1 Å². The number of anilines is 1. The van der Waals surface area contributed by atoms with Crippen LogP contribution in [0, 0.1) is 11.8 Å². The second-order valence-electron chi connectivity index (χ2n) is 10.3. The van der Waals surface area contributed by atoms with Gasteiger partial charge in [0.2, 0.25) is 11.8 Å². The van der Waals surface area contributed by atoms with Crippen LogP contribution in [0.1, 0.15) is 46.0 Å². The third-order valence-electron chi connectivity index (χ3n) is 8.14. The highest BCUT2D eigenvalue weighted by Crippen LogP contribution is 2.63. The molecule has 1 spiro atoms. The van der Waals surface area contributed by atoms with Crippen LogP contribution < -0.4 is 5.32 Å². The summed E-state index contributed by atoms with van der Waals surface area (Å²) in [7, 11) is 0. The minimum Gasteiger partial charge on any atom is -0.466 e. The summed E-state index contributed by atoms with van der Waals surface area (Å²) in [6.45, 7) is 4.27. The molecule has 5 rings (SSSR count). The summed E-state index contributed by atoms with van der Waals surface area (Å²) in [5.74, 6) is -2.45. The first-order chi connectivity index (χ1) is 17.3. The van der Waals surface area contributed by atoms with Gasteiger partial charge < -0.3 is 24.8 Å². The molecule has 0 aromatic heterocycles. The predicted octanol–water partition coefficient (Wildman–Crippen LogP) is 3.27. The first-order valence-electron chi connectivity index (χ1n) is 12.9. The van der Waals surface area contributed by atoms with E-state index in [2.05, 4.69) is 5.32 Å². The van der Waals surface area contributed by atoms with Gasteiger partial charge in [0, 0.05) is 18.8 Å². The molecule has 192 valence electrons. The minimum atomic E-state index is -1.07. The molecule has 3 saturated heterocycles. The smallest absolute Gasteiger partial charge is 0.312 e. The molecule has 0 radical (unpaired) electrons. The fraction of sp³-hybridized carbons (Fsp3) is 0.536. The van der Waals surface area contributed by atoms with Crippen LogP contribution in [0.3, 0.4) is 0 Å². The van der Waals surface area contributed by atoms with Crippen molar-refractivity contribution < 1.29 is 29.0 Å². The van der Waals surface area contributed by atoms with Crippen LogP contribution in [0.4, 0.5) is 5.69 Å². The van der Waals surface area contributed by atoms with Gasteiger partial charge in [-0.1, -0.05) is 30.3 Å². The Balaban J connectivity index is 1.48. The molecule has 0 saturated carbocycles. The molecular weight excluding hydrogens is 460 g/mol. The van der Waals surface area contributed by atoms with Crippen molar-refractivity contribution in [2.75, 3.05) is 25.1 Å². The maximum atomic E-state index is 13.9. The standard InChI is InChI=1S/C28H34N2O6/c1-3-35-26(34)22-21-25(33)30(15-7-4-8-16-31)23(28(21)14-13-27(22,2)36-28)24(32)29-20-12-11-18-9-5-6-10-19(18)17-20/h5-6,9-12,17,21-23,31H,3-4,7-8,13-16H2,1-2H3,(H,29,32)/t21-,22-,23?,27+,28?/m0/s1. The molecule has 2 N–H and O–H groups in total. The average molecular weight is 495 g/mol. The van der Waals surface area contributed by atoms with E-state index < -0.39 is 35.0 Å². The molecule has 36 heavy (non-hydrogen) atoms. The predicted molar refractivity (Wildman–Crippen MR) is 134 cm³/mol. The number of nitrogens with zero attached hydrogens (tertiary/aromatic N) is 1. The van der Waals surface area contributed by atoms with Crippen molar-refractivity contribution in [1.29, 1.82) is 0 Å². The lowest BCUT2D eigenvalue weighted by molar-refractivity contribution is -0.158. The van der Waals surface area contributed by atoms with Crippen molar-refractivity contribution in [1.82, 2.24) is 4.90 Å². The largest absolute Gasteiger partial charge is 0.466 e. The molecule has 8 heteroatoms. The van der Waals surface area contributed by atoms with Crippen molar-refractivity contribution >= 4 is 34.2 Å². The number of hydrogen-bond acceptors (Lipinski definition) is 6. The van der Waals surface area contributed by atoms with E-state index in [9.17, 15) is 14.4 Å². The van der Waals surface area contributed by atoms with Crippen molar-refractivity contribution in [2.45, 2.75) is 63.2 Å². The van der Waals surface area contributed by atoms with E-state index >= 15 is 0 Å². The Labute approximate surface area is 210 Å². The van der Waals surface area contributed by atoms with Crippen LogP contribution in [-0.4, -0.2) is 64.8 Å². The Morgan fingerprint density at radius 2 is 1.92 bits per heavy atom. The van der Waals surface area contributed by atoms with Gasteiger partial charge in [0.1, 0.15) is 17.6 Å². The molecule has 3 heterocycles. The number of likely N-dealkylation sites (tertiary alicyclic amines) is 1. The van der Waals surface area contributed by atoms with Crippen LogP contribution in [0.15, 0.2) is 42.5 Å². The molecule has 2 unspecified atom stereocenters. The van der Waals surface area contributed by atoms with Gasteiger partial charge in [-0.2, -0.15) is 0 Å². The Morgan fingerprint density at radius 1 is 1.14 bits per heavy atom. The molecule has 3 aliphatic heterocycles. The van der Waals surface area contributed by atoms with E-state index in [1.165, 1.54) is 0 Å². The summed E-state index contributed by atoms with van der Waals surface area (Å²) in [6.07, 6.45) is 3.12. The van der Waals surface area contributed by atoms with E-state index in [1.807, 2.05) is 49.4 Å². The number of hydrogen-bond donors (Lipinski definition) is 2. The van der Waals surface area contributed by atoms with Crippen molar-refractivity contribution in [3.8, 4) is 0 Å². The highest BCUT2D eigenvalue weighted by Gasteiger charge is 2.78. The Morgan fingerprint density at radius 3 is 2.67 bits per heavy atom. The van der Waals surface area contributed by atoms with Crippen LogP contribution in [0.25, 0.3) is 10.8 Å². The first kappa shape index (κ1) is 24.7. The van der Waals surface area contributed by atoms with Gasteiger partial charge in [-0.15, -0.1) is 0 Å². The first-order valence-corrected chi connectivity index (χ1v) is 12.9. The number of unbranched alkanes of at least 4 members (excludes halogenated alkanes) is 2. The summed E-state index contributed by atoms with van der Waals surface area (Å²) in [6, 6.07) is 12.8. The highest BCUT2D eigenvalue weighted by molar-refractivity contribution is 6.04. The van der Waals surface area contributed by atoms with E-state index in [1.54, 1.807) is 11.8 Å². The maximum absolute atomic E-state index is 13.9. The van der Waals surface area contributed by atoms with Crippen LogP contribution in [0.2, 0.25) is 0 Å². The van der Waals surface area contributed by atoms with Gasteiger partial charge in [0.15, 0.2) is 0 Å². The topological polar surface area (TPSA) is 105 Å². The molecule has 2 aromatic rings. The Bertz CT molecular complexity index is 1180. The third-order valence-corrected chi connectivity index (χ3v) is 8.14. The van der Waals surface area contributed by atoms with Crippen LogP contribution in [-0.2, 0) is 23.9 Å². The molecule has 8 nitrogen and oxygen atoms in total. The molecule has 2 aromatic carbocycles. The van der Waals surface area contributed by atoms with Gasteiger partial charge >= 0.3 is 5.97 Å². The number of fused-ring (bicyclic) bond motifs is 2. The fourth-order valence-corrected chi connectivity index (χ4v) is 6.60. The van der Waals surface area contributed by atoms with Crippen molar-refractivity contribution in [3.63, 3.8) is 0 Å². The SMILES string of the molecule is CCOC(=O)[C@@H]1[C@H]2C(=O)N(CCCCCO)C(C(=O)Nc3ccc4ccccc4c3)C23CC[C@@]1(C)O3. The van der Waals surface area contributed by atoms with Crippen molar-refractivity contribution in [2.24, 2.45) is 11.8 Å². The maximum Gasteiger partial charge on any atom is 0.312 e. The van der Waals surface area contributed by atoms with Gasteiger partial charge in [-0.05, 0) is 68.9 Å². The number of rotatable bonds is 9. The Kier molecular flexibility index (Phi) is 6.51. The summed E-state index contributed by atoms with van der Waals surface area (Å²) in [5.41, 5.74) is -1.26. The molecule has 5 atom stereocenters. The summed E-state index contributed by atoms with van der Waals surface area (Å²) >= 11 is 0. The number of benzene rings is 2. The second kappa shape index (κ2) is 9.48. The molecule has 3 fully saturated rings. The summed E-state index contributed by atoms with van der Waals surface area (Å²) in [4.78, 5) is 42.4. The van der Waals surface area contributed by atoms with Gasteiger partial charge in [-0.3, -0.25) is 14.4 Å². The summed E-state index contributed by atoms with van der Waals surface area (Å²) in [5, 5.41) is 14.3. The molecule has 2 bridgehead atoms. The lowest BCUT2D eigenvalue weighted by Crippen LogP contribution is -2.53. The summed E-state index contributed by atoms with van der Waals surface area (Å²) < 4.78 is 11.9. The van der Waals surface area contributed by atoms with E-state index in [4.69, 9.17) is 14.6 Å². The molecule has 3 aliphatic rings. The zero-order chi connectivity index (χ0) is 25.5. The zero-order valence-electron chi connectivity index (χ0n) is 20.9. The van der Waals surface area contributed by atoms with E-state index in [0.717, 1.165) is 17.2 Å². The molecule has 0 aliphatic carbocycles. The minimum absolute atomic E-state index is 0.0821. The molecule has 2 amide bonds. The number of ether oxygens (including phenoxy) is 2. The third kappa shape index (κ3) is 3.87. The number of esters is 1. The van der Waals surface area contributed by atoms with E-state index in [0.29, 0.717) is 37.9 Å². The fourth-order valence-electron chi connectivity index (χ4n) is 6.60. The lowest BCUT2D eigenvalue weighted by atomic mass is 9.66. The highest BCUT2D eigenvalue weighted by atomic mass is 16.6. The number of amides is 2. The number of aliphatic hydroxyl groups excluding tert-OH is 1. The van der Waals surface area contributed by atoms with E-state index in [-0.39, 0.29) is 25.0 Å². The monoisotopic (exact) mass is 494 g/mol. The number of aliphatic hydroxyl groups is 1.